The Kier molecular flexibility index (Phi) is 1.76. The van der Waals surface area contributed by atoms with Crippen molar-refractivity contribution in [3.63, 3.8) is 0 Å². The number of piperidine rings is 1. The van der Waals surface area contributed by atoms with Crippen molar-refractivity contribution in [3.8, 4) is 0 Å². The van der Waals surface area contributed by atoms with Crippen molar-refractivity contribution in [1.82, 2.24) is 14.9 Å². The van der Waals surface area contributed by atoms with E-state index >= 15 is 0 Å². The SMILES string of the molecule is O=c1[nH]cc(Cl)n1CC1C2CNCC21. The van der Waals surface area contributed by atoms with Crippen LogP contribution in [0.3, 0.4) is 0 Å². The molecule has 0 spiro atoms. The number of imidazole rings is 1. The van der Waals surface area contributed by atoms with Crippen LogP contribution in [0.5, 0.6) is 0 Å². The van der Waals surface area contributed by atoms with Crippen LogP contribution >= 0.6 is 11.6 Å². The summed E-state index contributed by atoms with van der Waals surface area (Å²) in [7, 11) is 0. The first kappa shape index (κ1) is 8.56. The molecule has 0 aromatic carbocycles. The Labute approximate surface area is 86.3 Å². The first-order chi connectivity index (χ1) is 6.77. The summed E-state index contributed by atoms with van der Waals surface area (Å²) >= 11 is 5.89. The molecule has 2 N–H and O–H groups in total. The Morgan fingerprint density at radius 1 is 1.50 bits per heavy atom. The molecule has 1 saturated heterocycles. The fraction of sp³-hybridized carbons (Fsp3) is 0.667. The Morgan fingerprint density at radius 2 is 2.21 bits per heavy atom. The first-order valence-corrected chi connectivity index (χ1v) is 5.29. The quantitative estimate of drug-likeness (QED) is 0.742. The lowest BCUT2D eigenvalue weighted by atomic mass is 10.3. The van der Waals surface area contributed by atoms with E-state index in [0.29, 0.717) is 11.1 Å². The molecule has 0 amide bonds. The van der Waals surface area contributed by atoms with Gasteiger partial charge in [-0.15, -0.1) is 0 Å². The lowest BCUT2D eigenvalue weighted by Gasteiger charge is -2.05. The second-order valence-corrected chi connectivity index (χ2v) is 4.56. The number of hydrogen-bond donors (Lipinski definition) is 2. The summed E-state index contributed by atoms with van der Waals surface area (Å²) in [5.74, 6) is 2.20. The highest BCUT2D eigenvalue weighted by Crippen LogP contribution is 2.49. The van der Waals surface area contributed by atoms with Crippen molar-refractivity contribution in [2.75, 3.05) is 13.1 Å². The van der Waals surface area contributed by atoms with Gasteiger partial charge in [0.1, 0.15) is 5.15 Å². The summed E-state index contributed by atoms with van der Waals surface area (Å²) in [6, 6.07) is 0. The van der Waals surface area contributed by atoms with E-state index in [-0.39, 0.29) is 5.69 Å². The van der Waals surface area contributed by atoms with E-state index in [9.17, 15) is 4.79 Å². The summed E-state index contributed by atoms with van der Waals surface area (Å²) in [6.45, 7) is 2.98. The van der Waals surface area contributed by atoms with Crippen LogP contribution < -0.4 is 11.0 Å². The minimum Gasteiger partial charge on any atom is -0.316 e. The molecule has 2 unspecified atom stereocenters. The molecule has 4 nitrogen and oxygen atoms in total. The third-order valence-corrected chi connectivity index (χ3v) is 3.79. The molecule has 2 heterocycles. The monoisotopic (exact) mass is 213 g/mol. The molecular formula is C9H12ClN3O. The lowest BCUT2D eigenvalue weighted by Crippen LogP contribution is -2.22. The van der Waals surface area contributed by atoms with Crippen LogP contribution in [0.15, 0.2) is 11.0 Å². The molecule has 1 saturated carbocycles. The third kappa shape index (κ3) is 1.14. The molecule has 2 atom stereocenters. The van der Waals surface area contributed by atoms with E-state index in [1.54, 1.807) is 10.8 Å². The highest BCUT2D eigenvalue weighted by Gasteiger charge is 2.52. The Balaban J connectivity index is 1.77. The van der Waals surface area contributed by atoms with Gasteiger partial charge in [0.25, 0.3) is 0 Å². The maximum atomic E-state index is 11.3. The number of halogens is 1. The largest absolute Gasteiger partial charge is 0.326 e. The zero-order valence-electron chi connectivity index (χ0n) is 7.66. The van der Waals surface area contributed by atoms with Gasteiger partial charge in [-0.25, -0.2) is 4.79 Å². The van der Waals surface area contributed by atoms with Crippen molar-refractivity contribution in [2.24, 2.45) is 17.8 Å². The summed E-state index contributed by atoms with van der Waals surface area (Å²) in [5, 5.41) is 3.85. The summed E-state index contributed by atoms with van der Waals surface area (Å²) in [5.41, 5.74) is -0.0899. The van der Waals surface area contributed by atoms with Gasteiger partial charge >= 0.3 is 5.69 Å². The number of hydrogen-bond acceptors (Lipinski definition) is 2. The van der Waals surface area contributed by atoms with Crippen LogP contribution in [0.4, 0.5) is 0 Å². The molecular weight excluding hydrogens is 202 g/mol. The summed E-state index contributed by atoms with van der Waals surface area (Å²) < 4.78 is 1.63. The van der Waals surface area contributed by atoms with Crippen molar-refractivity contribution >= 4 is 11.6 Å². The Hall–Kier alpha value is -0.740. The van der Waals surface area contributed by atoms with E-state index in [0.717, 1.165) is 31.5 Å². The van der Waals surface area contributed by atoms with Crippen molar-refractivity contribution < 1.29 is 0 Å². The first-order valence-electron chi connectivity index (χ1n) is 4.92. The molecule has 0 bridgehead atoms. The van der Waals surface area contributed by atoms with Crippen molar-refractivity contribution in [3.05, 3.63) is 21.8 Å². The van der Waals surface area contributed by atoms with Crippen LogP contribution in [0.25, 0.3) is 0 Å². The number of rotatable bonds is 2. The molecule has 0 radical (unpaired) electrons. The summed E-state index contributed by atoms with van der Waals surface area (Å²) in [4.78, 5) is 13.9. The van der Waals surface area contributed by atoms with Gasteiger partial charge < -0.3 is 10.3 Å². The van der Waals surface area contributed by atoms with Gasteiger partial charge in [-0.1, -0.05) is 11.6 Å². The van der Waals surface area contributed by atoms with Crippen LogP contribution in [-0.2, 0) is 6.54 Å². The lowest BCUT2D eigenvalue weighted by molar-refractivity contribution is 0.508. The molecule has 1 aromatic heterocycles. The predicted molar refractivity (Wildman–Crippen MR) is 53.4 cm³/mol. The topological polar surface area (TPSA) is 49.8 Å². The summed E-state index contributed by atoms with van der Waals surface area (Å²) in [6.07, 6.45) is 1.56. The molecule has 5 heteroatoms. The maximum Gasteiger partial charge on any atom is 0.326 e. The molecule has 2 aliphatic rings. The Morgan fingerprint density at radius 3 is 2.79 bits per heavy atom. The zero-order chi connectivity index (χ0) is 9.71. The number of fused-ring (bicyclic) bond motifs is 1. The van der Waals surface area contributed by atoms with Crippen molar-refractivity contribution in [2.45, 2.75) is 6.54 Å². The van der Waals surface area contributed by atoms with E-state index < -0.39 is 0 Å². The fourth-order valence-corrected chi connectivity index (χ4v) is 2.77. The van der Waals surface area contributed by atoms with Crippen molar-refractivity contribution in [1.29, 1.82) is 0 Å². The van der Waals surface area contributed by atoms with Crippen LogP contribution in [0.2, 0.25) is 5.15 Å². The molecule has 1 aromatic rings. The second kappa shape index (κ2) is 2.87. The minimum atomic E-state index is -0.0899. The number of aromatic nitrogens is 2. The number of nitrogens with one attached hydrogen (secondary N) is 2. The molecule has 76 valence electrons. The predicted octanol–water partition coefficient (Wildman–Crippen LogP) is 0.295. The highest BCUT2D eigenvalue weighted by molar-refractivity contribution is 6.29. The van der Waals surface area contributed by atoms with Gasteiger partial charge in [0.05, 0.1) is 0 Å². The molecule has 14 heavy (non-hydrogen) atoms. The fourth-order valence-electron chi connectivity index (χ4n) is 2.57. The van der Waals surface area contributed by atoms with Gasteiger partial charge in [-0.05, 0) is 30.8 Å². The minimum absolute atomic E-state index is 0.0899. The second-order valence-electron chi connectivity index (χ2n) is 4.18. The molecule has 1 aliphatic carbocycles. The molecule has 1 aliphatic heterocycles. The van der Waals surface area contributed by atoms with Crippen LogP contribution in [0.1, 0.15) is 0 Å². The maximum absolute atomic E-state index is 11.3. The molecule has 2 fully saturated rings. The van der Waals surface area contributed by atoms with Crippen LogP contribution in [-0.4, -0.2) is 22.6 Å². The average molecular weight is 214 g/mol. The van der Waals surface area contributed by atoms with Gasteiger partial charge in [-0.2, -0.15) is 0 Å². The van der Waals surface area contributed by atoms with Crippen LogP contribution in [0, 0.1) is 17.8 Å². The van der Waals surface area contributed by atoms with Gasteiger partial charge in [0, 0.05) is 12.7 Å². The normalized spacial score (nSPS) is 34.5. The number of aromatic amines is 1. The third-order valence-electron chi connectivity index (χ3n) is 3.48. The number of nitrogens with zero attached hydrogens (tertiary/aromatic N) is 1. The average Bonchev–Trinajstić information content (AvgIpc) is 2.55. The smallest absolute Gasteiger partial charge is 0.316 e. The zero-order valence-corrected chi connectivity index (χ0v) is 8.42. The number of H-pyrrole nitrogens is 1. The highest BCUT2D eigenvalue weighted by atomic mass is 35.5. The standard InChI is InChI=1S/C9H12ClN3O/c10-8-3-12-9(14)13(8)4-7-5-1-11-2-6(5)7/h3,5-7,11H,1-2,4H2,(H,12,14). The Bertz CT molecular complexity index is 400. The van der Waals surface area contributed by atoms with Gasteiger partial charge in [-0.3, -0.25) is 4.57 Å². The van der Waals surface area contributed by atoms with E-state index in [4.69, 9.17) is 11.6 Å². The van der Waals surface area contributed by atoms with E-state index in [1.165, 1.54) is 0 Å². The van der Waals surface area contributed by atoms with E-state index in [1.807, 2.05) is 0 Å². The van der Waals surface area contributed by atoms with Gasteiger partial charge in [0.2, 0.25) is 0 Å². The van der Waals surface area contributed by atoms with E-state index in [2.05, 4.69) is 10.3 Å². The van der Waals surface area contributed by atoms with Gasteiger partial charge in [0.15, 0.2) is 0 Å². The molecule has 3 rings (SSSR count).